The van der Waals surface area contributed by atoms with Crippen molar-refractivity contribution in [2.75, 3.05) is 6.54 Å². The number of amides is 2. The summed E-state index contributed by atoms with van der Waals surface area (Å²) in [6.07, 6.45) is 9.68. The summed E-state index contributed by atoms with van der Waals surface area (Å²) < 4.78 is 8.11. The van der Waals surface area contributed by atoms with Crippen molar-refractivity contribution in [3.05, 3.63) is 77.3 Å². The average molecular weight is 430 g/mol. The maximum atomic E-state index is 12.7. The molecule has 3 aromatic rings. The molecule has 2 aromatic heterocycles. The third-order valence-electron chi connectivity index (χ3n) is 6.65. The fourth-order valence-corrected chi connectivity index (χ4v) is 4.76. The van der Waals surface area contributed by atoms with Gasteiger partial charge in [-0.3, -0.25) is 14.5 Å². The summed E-state index contributed by atoms with van der Waals surface area (Å²) in [6.45, 7) is 5.01. The van der Waals surface area contributed by atoms with Crippen LogP contribution in [-0.4, -0.2) is 32.6 Å². The first kappa shape index (κ1) is 20.5. The topological polar surface area (TPSA) is 63.9 Å². The molecule has 3 heterocycles. The Morgan fingerprint density at radius 2 is 1.81 bits per heavy atom. The largest absolute Gasteiger partial charge is 0.485 e. The summed E-state index contributed by atoms with van der Waals surface area (Å²) in [6, 6.07) is 10.2. The van der Waals surface area contributed by atoms with Gasteiger partial charge in [-0.25, -0.2) is 4.98 Å². The first-order valence-corrected chi connectivity index (χ1v) is 11.2. The van der Waals surface area contributed by atoms with Gasteiger partial charge in [0.25, 0.3) is 0 Å². The van der Waals surface area contributed by atoms with Crippen LogP contribution in [0, 0.1) is 25.7 Å². The predicted molar refractivity (Wildman–Crippen MR) is 121 cm³/mol. The van der Waals surface area contributed by atoms with Crippen LogP contribution in [0.4, 0.5) is 0 Å². The molecule has 2 amide bonds. The molecule has 0 unspecified atom stereocenters. The van der Waals surface area contributed by atoms with Gasteiger partial charge in [0.15, 0.2) is 11.4 Å². The van der Waals surface area contributed by atoms with Crippen molar-refractivity contribution in [2.45, 2.75) is 39.7 Å². The molecule has 1 fully saturated rings. The smallest absolute Gasteiger partial charge is 0.233 e. The van der Waals surface area contributed by atoms with Gasteiger partial charge in [-0.15, -0.1) is 0 Å². The molecule has 1 saturated heterocycles. The van der Waals surface area contributed by atoms with Crippen molar-refractivity contribution in [1.29, 1.82) is 0 Å². The number of rotatable bonds is 6. The van der Waals surface area contributed by atoms with E-state index in [1.165, 1.54) is 16.0 Å². The number of imide groups is 1. The van der Waals surface area contributed by atoms with Gasteiger partial charge < -0.3 is 9.14 Å². The van der Waals surface area contributed by atoms with Gasteiger partial charge in [-0.1, -0.05) is 35.9 Å². The summed E-state index contributed by atoms with van der Waals surface area (Å²) in [4.78, 5) is 31.5. The highest BCUT2D eigenvalue weighted by Crippen LogP contribution is 2.35. The summed E-state index contributed by atoms with van der Waals surface area (Å²) in [5.41, 5.74) is 5.25. The van der Waals surface area contributed by atoms with Crippen molar-refractivity contribution in [3.63, 3.8) is 0 Å². The Labute approximate surface area is 187 Å². The first-order valence-electron chi connectivity index (χ1n) is 11.2. The summed E-state index contributed by atoms with van der Waals surface area (Å²) in [7, 11) is 0. The SMILES string of the molecule is Cc1ccc(C)c(COc2cccn3c(CCN4C(=O)[C@H]5CC=CC[C@H]5C4=O)cnc23)c1. The van der Waals surface area contributed by atoms with Crippen LogP contribution >= 0.6 is 0 Å². The van der Waals surface area contributed by atoms with Gasteiger partial charge in [-0.2, -0.15) is 0 Å². The molecule has 6 heteroatoms. The highest BCUT2D eigenvalue weighted by molar-refractivity contribution is 6.05. The molecule has 2 aliphatic rings. The number of ether oxygens (including phenoxy) is 1. The third kappa shape index (κ3) is 3.60. The van der Waals surface area contributed by atoms with E-state index in [0.29, 0.717) is 38.2 Å². The van der Waals surface area contributed by atoms with E-state index in [1.807, 2.05) is 34.9 Å². The number of benzene rings is 1. The van der Waals surface area contributed by atoms with E-state index >= 15 is 0 Å². The van der Waals surface area contributed by atoms with Crippen LogP contribution in [0.5, 0.6) is 5.75 Å². The van der Waals surface area contributed by atoms with Crippen LogP contribution in [0.2, 0.25) is 0 Å². The second-order valence-electron chi connectivity index (χ2n) is 8.77. The zero-order valence-electron chi connectivity index (χ0n) is 18.5. The van der Waals surface area contributed by atoms with Gasteiger partial charge in [0, 0.05) is 31.1 Å². The summed E-state index contributed by atoms with van der Waals surface area (Å²) in [5, 5.41) is 0. The molecule has 6 nitrogen and oxygen atoms in total. The molecule has 0 spiro atoms. The fourth-order valence-electron chi connectivity index (χ4n) is 4.76. The number of carbonyl (C=O) groups is 2. The minimum atomic E-state index is -0.181. The Morgan fingerprint density at radius 3 is 2.56 bits per heavy atom. The van der Waals surface area contributed by atoms with Crippen LogP contribution in [0.15, 0.2) is 54.9 Å². The number of fused-ring (bicyclic) bond motifs is 2. The number of likely N-dealkylation sites (tertiary alicyclic amines) is 1. The zero-order valence-corrected chi connectivity index (χ0v) is 18.5. The molecular formula is C26H27N3O3. The molecule has 1 aromatic carbocycles. The van der Waals surface area contributed by atoms with E-state index in [0.717, 1.165) is 16.9 Å². The van der Waals surface area contributed by atoms with E-state index in [4.69, 9.17) is 4.74 Å². The molecule has 1 aliphatic heterocycles. The Bertz CT molecular complexity index is 1200. The number of nitrogens with zero attached hydrogens (tertiary/aromatic N) is 3. The Balaban J connectivity index is 1.31. The molecular weight excluding hydrogens is 402 g/mol. The molecule has 0 radical (unpaired) electrons. The van der Waals surface area contributed by atoms with Crippen LogP contribution < -0.4 is 4.74 Å². The highest BCUT2D eigenvalue weighted by Gasteiger charge is 2.46. The molecule has 1 aliphatic carbocycles. The normalized spacial score (nSPS) is 20.2. The van der Waals surface area contributed by atoms with Gasteiger partial charge >= 0.3 is 0 Å². The first-order chi connectivity index (χ1) is 15.5. The van der Waals surface area contributed by atoms with Gasteiger partial charge in [0.05, 0.1) is 11.8 Å². The van der Waals surface area contributed by atoms with Crippen LogP contribution in [0.25, 0.3) is 5.65 Å². The highest BCUT2D eigenvalue weighted by atomic mass is 16.5. The number of allylic oxidation sites excluding steroid dienone is 2. The maximum Gasteiger partial charge on any atom is 0.233 e. The summed E-state index contributed by atoms with van der Waals surface area (Å²) >= 11 is 0. The van der Waals surface area contributed by atoms with Crippen LogP contribution in [-0.2, 0) is 22.6 Å². The molecule has 2 atom stereocenters. The van der Waals surface area contributed by atoms with E-state index in [9.17, 15) is 9.59 Å². The van der Waals surface area contributed by atoms with E-state index in [2.05, 4.69) is 37.0 Å². The lowest BCUT2D eigenvalue weighted by atomic mass is 9.85. The molecule has 0 N–H and O–H groups in total. The molecule has 0 saturated carbocycles. The van der Waals surface area contributed by atoms with Crippen LogP contribution in [0.1, 0.15) is 35.2 Å². The number of hydrogen-bond acceptors (Lipinski definition) is 4. The van der Waals surface area contributed by atoms with Crippen molar-refractivity contribution in [2.24, 2.45) is 11.8 Å². The quantitative estimate of drug-likeness (QED) is 0.439. The van der Waals surface area contributed by atoms with E-state index in [-0.39, 0.29) is 23.7 Å². The monoisotopic (exact) mass is 429 g/mol. The van der Waals surface area contributed by atoms with E-state index < -0.39 is 0 Å². The van der Waals surface area contributed by atoms with Gasteiger partial charge in [0.1, 0.15) is 6.61 Å². The maximum absolute atomic E-state index is 12.7. The third-order valence-corrected chi connectivity index (χ3v) is 6.65. The Hall–Kier alpha value is -3.41. The minimum absolute atomic E-state index is 0.0317. The lowest BCUT2D eigenvalue weighted by Gasteiger charge is -2.14. The lowest BCUT2D eigenvalue weighted by Crippen LogP contribution is -2.33. The summed E-state index contributed by atoms with van der Waals surface area (Å²) in [5.74, 6) is 0.288. The molecule has 164 valence electrons. The Kier molecular flexibility index (Phi) is 5.29. The minimum Gasteiger partial charge on any atom is -0.485 e. The van der Waals surface area contributed by atoms with E-state index in [1.54, 1.807) is 6.20 Å². The van der Waals surface area contributed by atoms with Crippen molar-refractivity contribution in [1.82, 2.24) is 14.3 Å². The molecule has 5 rings (SSSR count). The number of hydrogen-bond donors (Lipinski definition) is 0. The second-order valence-corrected chi connectivity index (χ2v) is 8.77. The number of aryl methyl sites for hydroxylation is 2. The second kappa shape index (κ2) is 8.26. The molecule has 32 heavy (non-hydrogen) atoms. The fraction of sp³-hybridized carbons (Fsp3) is 0.346. The molecule has 0 bridgehead atoms. The number of aromatic nitrogens is 2. The number of imidazole rings is 1. The zero-order chi connectivity index (χ0) is 22.2. The van der Waals surface area contributed by atoms with Gasteiger partial charge in [-0.05, 0) is 49.9 Å². The van der Waals surface area contributed by atoms with Crippen molar-refractivity contribution in [3.8, 4) is 5.75 Å². The number of carbonyl (C=O) groups excluding carboxylic acids is 2. The van der Waals surface area contributed by atoms with Crippen LogP contribution in [0.3, 0.4) is 0 Å². The standard InChI is InChI=1S/C26H27N3O3/c1-17-9-10-18(2)19(14-17)16-32-23-8-5-12-28-20(15-27-24(23)28)11-13-29-25(30)21-6-3-4-7-22(21)26(29)31/h3-5,8-10,12,14-15,21-22H,6-7,11,13,16H2,1-2H3/t21-,22+. The van der Waals surface area contributed by atoms with Gasteiger partial charge in [0.2, 0.25) is 11.8 Å². The average Bonchev–Trinajstić information content (AvgIpc) is 3.32. The Morgan fingerprint density at radius 1 is 1.06 bits per heavy atom. The van der Waals surface area contributed by atoms with Crippen molar-refractivity contribution < 1.29 is 14.3 Å². The lowest BCUT2D eigenvalue weighted by molar-refractivity contribution is -0.139. The van der Waals surface area contributed by atoms with Crippen molar-refractivity contribution >= 4 is 17.5 Å². The predicted octanol–water partition coefficient (Wildman–Crippen LogP) is 4.02. The number of pyridine rings is 1.